The molecule has 1 unspecified atom stereocenters. The summed E-state index contributed by atoms with van der Waals surface area (Å²) in [6.45, 7) is 5.59. The van der Waals surface area contributed by atoms with E-state index < -0.39 is 10.0 Å². The van der Waals surface area contributed by atoms with Crippen LogP contribution in [-0.2, 0) is 14.8 Å². The fourth-order valence-corrected chi connectivity index (χ4v) is 4.08. The highest BCUT2D eigenvalue weighted by Gasteiger charge is 2.29. The first kappa shape index (κ1) is 16.0. The van der Waals surface area contributed by atoms with Crippen LogP contribution in [0.1, 0.15) is 37.6 Å². The van der Waals surface area contributed by atoms with Crippen molar-refractivity contribution in [3.8, 4) is 0 Å². The van der Waals surface area contributed by atoms with Gasteiger partial charge >= 0.3 is 0 Å². The molecule has 1 amide bonds. The predicted molar refractivity (Wildman–Crippen MR) is 76.2 cm³/mol. The zero-order valence-electron chi connectivity index (χ0n) is 12.5. The van der Waals surface area contributed by atoms with E-state index in [0.717, 1.165) is 19.3 Å². The summed E-state index contributed by atoms with van der Waals surface area (Å²) in [4.78, 5) is 13.9. The second-order valence-electron chi connectivity index (χ2n) is 5.27. The Kier molecular flexibility index (Phi) is 4.67. The molecule has 118 valence electrons. The molecule has 7 nitrogen and oxygen atoms in total. The van der Waals surface area contributed by atoms with Crippen molar-refractivity contribution in [2.75, 3.05) is 13.1 Å². The van der Waals surface area contributed by atoms with Crippen LogP contribution in [0.15, 0.2) is 9.42 Å². The van der Waals surface area contributed by atoms with Gasteiger partial charge < -0.3 is 9.42 Å². The minimum absolute atomic E-state index is 0.0174. The van der Waals surface area contributed by atoms with Gasteiger partial charge in [0.25, 0.3) is 0 Å². The lowest BCUT2D eigenvalue weighted by Crippen LogP contribution is -2.42. The number of hydrogen-bond acceptors (Lipinski definition) is 5. The number of sulfonamides is 1. The number of amides is 1. The van der Waals surface area contributed by atoms with Crippen molar-refractivity contribution in [2.45, 2.75) is 51.0 Å². The highest BCUT2D eigenvalue weighted by atomic mass is 32.2. The van der Waals surface area contributed by atoms with Crippen molar-refractivity contribution >= 4 is 15.9 Å². The van der Waals surface area contributed by atoms with Crippen LogP contribution in [0, 0.1) is 13.8 Å². The first-order valence-electron chi connectivity index (χ1n) is 7.08. The van der Waals surface area contributed by atoms with Crippen molar-refractivity contribution in [2.24, 2.45) is 0 Å². The Morgan fingerprint density at radius 2 is 2.19 bits per heavy atom. The molecular weight excluding hydrogens is 294 g/mol. The predicted octanol–water partition coefficient (Wildman–Crippen LogP) is 0.971. The molecule has 2 rings (SSSR count). The first-order valence-corrected chi connectivity index (χ1v) is 8.57. The van der Waals surface area contributed by atoms with Crippen molar-refractivity contribution in [1.82, 2.24) is 14.8 Å². The third-order valence-corrected chi connectivity index (χ3v) is 5.46. The van der Waals surface area contributed by atoms with Gasteiger partial charge in [0.05, 0.1) is 6.54 Å². The van der Waals surface area contributed by atoms with Gasteiger partial charge in [0.1, 0.15) is 10.6 Å². The summed E-state index contributed by atoms with van der Waals surface area (Å²) in [5.74, 6) is 0.0368. The Bertz CT molecular complexity index is 604. The second-order valence-corrected chi connectivity index (χ2v) is 6.97. The Hall–Kier alpha value is -1.41. The normalized spacial score (nSPS) is 19.2. The van der Waals surface area contributed by atoms with Gasteiger partial charge in [-0.25, -0.2) is 13.1 Å². The monoisotopic (exact) mass is 315 g/mol. The van der Waals surface area contributed by atoms with Crippen molar-refractivity contribution < 1.29 is 17.7 Å². The molecule has 0 radical (unpaired) electrons. The van der Waals surface area contributed by atoms with E-state index in [2.05, 4.69) is 9.88 Å². The Morgan fingerprint density at radius 1 is 1.48 bits per heavy atom. The largest absolute Gasteiger partial charge is 0.360 e. The van der Waals surface area contributed by atoms with Gasteiger partial charge in [0.2, 0.25) is 15.9 Å². The number of carbonyl (C=O) groups excluding carboxylic acids is 1. The molecule has 1 aromatic rings. The summed E-state index contributed by atoms with van der Waals surface area (Å²) in [5, 5.41) is 3.62. The Labute approximate surface area is 124 Å². The molecule has 1 N–H and O–H groups in total. The fourth-order valence-electron chi connectivity index (χ4n) is 2.78. The van der Waals surface area contributed by atoms with Gasteiger partial charge in [-0.3, -0.25) is 4.79 Å². The zero-order chi connectivity index (χ0) is 15.6. The first-order chi connectivity index (χ1) is 9.86. The molecular formula is C13H21N3O4S. The molecule has 8 heteroatoms. The topological polar surface area (TPSA) is 92.5 Å². The molecule has 0 aliphatic carbocycles. The molecule has 0 aromatic carbocycles. The number of aromatic nitrogens is 1. The molecule has 0 saturated carbocycles. The van der Waals surface area contributed by atoms with Crippen molar-refractivity contribution in [3.05, 3.63) is 11.5 Å². The maximum atomic E-state index is 12.2. The van der Waals surface area contributed by atoms with E-state index in [1.54, 1.807) is 11.8 Å². The number of nitrogens with one attached hydrogen (secondary N) is 1. The second kappa shape index (κ2) is 6.15. The SMILES string of the molecule is CCC1CCCN1C(=O)CNS(=O)(=O)c1c(C)noc1C. The molecule has 1 aliphatic rings. The van der Waals surface area contributed by atoms with E-state index in [1.807, 2.05) is 6.92 Å². The zero-order valence-corrected chi connectivity index (χ0v) is 13.4. The van der Waals surface area contributed by atoms with Crippen LogP contribution < -0.4 is 4.72 Å². The molecule has 1 saturated heterocycles. The van der Waals surface area contributed by atoms with E-state index in [9.17, 15) is 13.2 Å². The molecule has 0 spiro atoms. The smallest absolute Gasteiger partial charge is 0.246 e. The highest BCUT2D eigenvalue weighted by molar-refractivity contribution is 7.89. The van der Waals surface area contributed by atoms with E-state index in [-0.39, 0.29) is 29.1 Å². The lowest BCUT2D eigenvalue weighted by atomic mass is 10.2. The molecule has 2 heterocycles. The summed E-state index contributed by atoms with van der Waals surface area (Å²) in [5.41, 5.74) is 0.292. The van der Waals surface area contributed by atoms with Gasteiger partial charge in [-0.05, 0) is 33.1 Å². The number of likely N-dealkylation sites (tertiary alicyclic amines) is 1. The number of nitrogens with zero attached hydrogens (tertiary/aromatic N) is 2. The van der Waals surface area contributed by atoms with Crippen LogP contribution in [-0.4, -0.2) is 43.5 Å². The maximum absolute atomic E-state index is 12.2. The van der Waals surface area contributed by atoms with Crippen LogP contribution in [0.5, 0.6) is 0 Å². The average Bonchev–Trinajstić information content (AvgIpc) is 3.03. The summed E-state index contributed by atoms with van der Waals surface area (Å²) >= 11 is 0. The molecule has 0 bridgehead atoms. The third kappa shape index (κ3) is 3.26. The number of hydrogen-bond donors (Lipinski definition) is 1. The van der Waals surface area contributed by atoms with E-state index >= 15 is 0 Å². The number of rotatable bonds is 5. The van der Waals surface area contributed by atoms with Crippen molar-refractivity contribution in [3.63, 3.8) is 0 Å². The summed E-state index contributed by atoms with van der Waals surface area (Å²) < 4.78 is 31.7. The summed E-state index contributed by atoms with van der Waals surface area (Å²) in [6.07, 6.45) is 2.85. The van der Waals surface area contributed by atoms with Gasteiger partial charge in [-0.2, -0.15) is 0 Å². The van der Waals surface area contributed by atoms with Crippen LogP contribution in [0.25, 0.3) is 0 Å². The lowest BCUT2D eigenvalue weighted by molar-refractivity contribution is -0.130. The Morgan fingerprint density at radius 3 is 2.76 bits per heavy atom. The molecule has 1 aromatic heterocycles. The minimum Gasteiger partial charge on any atom is -0.360 e. The third-order valence-electron chi connectivity index (χ3n) is 3.82. The number of aryl methyl sites for hydroxylation is 2. The van der Waals surface area contributed by atoms with Gasteiger partial charge in [0.15, 0.2) is 5.76 Å². The van der Waals surface area contributed by atoms with Crippen LogP contribution in [0.2, 0.25) is 0 Å². The van der Waals surface area contributed by atoms with E-state index in [4.69, 9.17) is 4.52 Å². The van der Waals surface area contributed by atoms with Crippen LogP contribution >= 0.6 is 0 Å². The van der Waals surface area contributed by atoms with Crippen molar-refractivity contribution in [1.29, 1.82) is 0 Å². The standard InChI is InChI=1S/C13H21N3O4S/c1-4-11-6-5-7-16(11)12(17)8-14-21(18,19)13-9(2)15-20-10(13)3/h11,14H,4-8H2,1-3H3. The van der Waals surface area contributed by atoms with Gasteiger partial charge in [0, 0.05) is 12.6 Å². The van der Waals surface area contributed by atoms with Gasteiger partial charge in [-0.15, -0.1) is 0 Å². The molecule has 1 atom stereocenters. The van der Waals surface area contributed by atoms with E-state index in [0.29, 0.717) is 12.2 Å². The van der Waals surface area contributed by atoms with Gasteiger partial charge in [-0.1, -0.05) is 12.1 Å². The minimum atomic E-state index is -3.78. The van der Waals surface area contributed by atoms with E-state index in [1.165, 1.54) is 6.92 Å². The molecule has 1 fully saturated rings. The van der Waals surface area contributed by atoms with Crippen LogP contribution in [0.4, 0.5) is 0 Å². The number of carbonyl (C=O) groups is 1. The maximum Gasteiger partial charge on any atom is 0.246 e. The average molecular weight is 315 g/mol. The summed E-state index contributed by atoms with van der Waals surface area (Å²) in [6, 6.07) is 0.223. The Balaban J connectivity index is 2.04. The molecule has 1 aliphatic heterocycles. The quantitative estimate of drug-likeness (QED) is 0.874. The fraction of sp³-hybridized carbons (Fsp3) is 0.692. The lowest BCUT2D eigenvalue weighted by Gasteiger charge is -2.23. The summed E-state index contributed by atoms with van der Waals surface area (Å²) in [7, 11) is -3.78. The van der Waals surface area contributed by atoms with Crippen LogP contribution in [0.3, 0.4) is 0 Å². The molecule has 21 heavy (non-hydrogen) atoms. The highest BCUT2D eigenvalue weighted by Crippen LogP contribution is 2.21.